The Hall–Kier alpha value is -2.01. The highest BCUT2D eigenvalue weighted by Gasteiger charge is 2.06. The van der Waals surface area contributed by atoms with Crippen LogP contribution in [0.25, 0.3) is 10.9 Å². The van der Waals surface area contributed by atoms with E-state index in [-0.39, 0.29) is 0 Å². The Balaban J connectivity index is 2.91. The number of carbonyl (C=O) groups excluding carboxylic acids is 1. The van der Waals surface area contributed by atoms with Gasteiger partial charge in [-0.2, -0.15) is 0 Å². The fourth-order valence-corrected chi connectivity index (χ4v) is 1.40. The summed E-state index contributed by atoms with van der Waals surface area (Å²) in [4.78, 5) is 13.7. The number of H-pyrrole nitrogens is 1. The zero-order chi connectivity index (χ0) is 9.26. The van der Waals surface area contributed by atoms with Crippen LogP contribution in [0.1, 0.15) is 16.1 Å². The lowest BCUT2D eigenvalue weighted by molar-refractivity contribution is 0.112. The molecule has 0 aliphatic rings. The molecule has 1 N–H and O–H groups in total. The van der Waals surface area contributed by atoms with Crippen molar-refractivity contribution in [3.63, 3.8) is 0 Å². The van der Waals surface area contributed by atoms with Gasteiger partial charge in [0.25, 0.3) is 0 Å². The number of hydrogen-bond donors (Lipinski definition) is 1. The zero-order valence-corrected chi connectivity index (χ0v) is 6.87. The third-order valence-electron chi connectivity index (χ3n) is 2.01. The standard InChI is InChI=1S/C11H7NO/c1-2-10-9(7-13)8-5-3-4-6-11(8)12-10/h1,3-7,12H. The predicted molar refractivity (Wildman–Crippen MR) is 51.6 cm³/mol. The largest absolute Gasteiger partial charge is 0.347 e. The molecule has 0 radical (unpaired) electrons. The normalized spacial score (nSPS) is 9.77. The van der Waals surface area contributed by atoms with Gasteiger partial charge in [-0.3, -0.25) is 4.79 Å². The molecule has 0 spiro atoms. The van der Waals surface area contributed by atoms with Crippen molar-refractivity contribution in [3.05, 3.63) is 35.5 Å². The van der Waals surface area contributed by atoms with Gasteiger partial charge in [-0.25, -0.2) is 0 Å². The summed E-state index contributed by atoms with van der Waals surface area (Å²) >= 11 is 0. The van der Waals surface area contributed by atoms with Crippen molar-refractivity contribution in [1.82, 2.24) is 4.98 Å². The summed E-state index contributed by atoms with van der Waals surface area (Å²) in [5, 5.41) is 0.880. The number of terminal acetylenes is 1. The lowest BCUT2D eigenvalue weighted by Crippen LogP contribution is -1.81. The van der Waals surface area contributed by atoms with E-state index in [2.05, 4.69) is 10.9 Å². The van der Waals surface area contributed by atoms with Crippen LogP contribution in [0.2, 0.25) is 0 Å². The van der Waals surface area contributed by atoms with Crippen LogP contribution in [0.5, 0.6) is 0 Å². The quantitative estimate of drug-likeness (QED) is 0.513. The zero-order valence-electron chi connectivity index (χ0n) is 6.87. The van der Waals surface area contributed by atoms with E-state index in [0.29, 0.717) is 11.3 Å². The minimum Gasteiger partial charge on any atom is -0.347 e. The van der Waals surface area contributed by atoms with Crippen LogP contribution in [0, 0.1) is 12.3 Å². The number of aromatic amines is 1. The number of fused-ring (bicyclic) bond motifs is 1. The van der Waals surface area contributed by atoms with Crippen LogP contribution < -0.4 is 0 Å². The van der Waals surface area contributed by atoms with Gasteiger partial charge in [0.1, 0.15) is 5.69 Å². The average Bonchev–Trinajstić information content (AvgIpc) is 2.55. The molecule has 2 nitrogen and oxygen atoms in total. The van der Waals surface area contributed by atoms with Crippen molar-refractivity contribution in [1.29, 1.82) is 0 Å². The number of rotatable bonds is 1. The Kier molecular flexibility index (Phi) is 1.64. The molecule has 0 aliphatic carbocycles. The summed E-state index contributed by atoms with van der Waals surface area (Å²) in [7, 11) is 0. The number of aldehydes is 1. The van der Waals surface area contributed by atoms with E-state index in [1.54, 1.807) is 0 Å². The fourth-order valence-electron chi connectivity index (χ4n) is 1.40. The van der Waals surface area contributed by atoms with Crippen molar-refractivity contribution in [2.24, 2.45) is 0 Å². The molecular weight excluding hydrogens is 162 g/mol. The van der Waals surface area contributed by atoms with Gasteiger partial charge in [0.2, 0.25) is 0 Å². The van der Waals surface area contributed by atoms with Gasteiger partial charge < -0.3 is 4.98 Å². The smallest absolute Gasteiger partial charge is 0.153 e. The van der Waals surface area contributed by atoms with Crippen LogP contribution in [0.4, 0.5) is 0 Å². The molecule has 0 bridgehead atoms. The monoisotopic (exact) mass is 169 g/mol. The Bertz CT molecular complexity index is 502. The molecule has 1 aromatic carbocycles. The highest BCUT2D eigenvalue weighted by molar-refractivity contribution is 5.99. The van der Waals surface area contributed by atoms with Crippen LogP contribution in [-0.4, -0.2) is 11.3 Å². The first-order valence-electron chi connectivity index (χ1n) is 3.89. The number of carbonyl (C=O) groups is 1. The number of para-hydroxylation sites is 1. The third-order valence-corrected chi connectivity index (χ3v) is 2.01. The van der Waals surface area contributed by atoms with E-state index < -0.39 is 0 Å². The van der Waals surface area contributed by atoms with Crippen LogP contribution >= 0.6 is 0 Å². The van der Waals surface area contributed by atoms with Crippen molar-refractivity contribution >= 4 is 17.2 Å². The second kappa shape index (κ2) is 2.80. The summed E-state index contributed by atoms with van der Waals surface area (Å²) < 4.78 is 0. The second-order valence-corrected chi connectivity index (χ2v) is 2.72. The van der Waals surface area contributed by atoms with E-state index in [1.165, 1.54) is 0 Å². The molecule has 0 aliphatic heterocycles. The highest BCUT2D eigenvalue weighted by atomic mass is 16.1. The molecule has 0 amide bonds. The molecule has 62 valence electrons. The molecule has 0 saturated heterocycles. The van der Waals surface area contributed by atoms with E-state index in [4.69, 9.17) is 6.42 Å². The van der Waals surface area contributed by atoms with Gasteiger partial charge in [-0.05, 0) is 6.07 Å². The average molecular weight is 169 g/mol. The summed E-state index contributed by atoms with van der Waals surface area (Å²) in [6, 6.07) is 7.54. The van der Waals surface area contributed by atoms with Crippen molar-refractivity contribution < 1.29 is 4.79 Å². The van der Waals surface area contributed by atoms with E-state index in [0.717, 1.165) is 17.2 Å². The van der Waals surface area contributed by atoms with Gasteiger partial charge in [-0.15, -0.1) is 6.42 Å². The van der Waals surface area contributed by atoms with Crippen LogP contribution in [0.3, 0.4) is 0 Å². The van der Waals surface area contributed by atoms with E-state index >= 15 is 0 Å². The first kappa shape index (κ1) is 7.63. The van der Waals surface area contributed by atoms with Crippen LogP contribution in [0.15, 0.2) is 24.3 Å². The minimum atomic E-state index is 0.552. The Morgan fingerprint density at radius 3 is 2.85 bits per heavy atom. The van der Waals surface area contributed by atoms with Gasteiger partial charge in [0, 0.05) is 10.9 Å². The first-order chi connectivity index (χ1) is 6.36. The SMILES string of the molecule is C#Cc1[nH]c2ccccc2c1C=O. The summed E-state index contributed by atoms with van der Waals surface area (Å²) in [6.07, 6.45) is 6.04. The lowest BCUT2D eigenvalue weighted by Gasteiger charge is -1.86. The van der Waals surface area contributed by atoms with Gasteiger partial charge in [0.15, 0.2) is 6.29 Å². The maximum Gasteiger partial charge on any atom is 0.153 e. The maximum absolute atomic E-state index is 10.7. The summed E-state index contributed by atoms with van der Waals surface area (Å²) in [5.74, 6) is 2.45. The molecule has 0 fully saturated rings. The topological polar surface area (TPSA) is 32.9 Å². The molecule has 1 aromatic heterocycles. The summed E-state index contributed by atoms with van der Waals surface area (Å²) in [5.41, 5.74) is 2.02. The summed E-state index contributed by atoms with van der Waals surface area (Å²) in [6.45, 7) is 0. The van der Waals surface area contributed by atoms with E-state index in [9.17, 15) is 4.79 Å². The molecule has 13 heavy (non-hydrogen) atoms. The van der Waals surface area contributed by atoms with Gasteiger partial charge >= 0.3 is 0 Å². The molecule has 2 rings (SSSR count). The fraction of sp³-hybridized carbons (Fsp3) is 0. The van der Waals surface area contributed by atoms with Gasteiger partial charge in [0.05, 0.1) is 5.56 Å². The Morgan fingerprint density at radius 2 is 2.15 bits per heavy atom. The minimum absolute atomic E-state index is 0.552. The Labute approximate surface area is 75.6 Å². The number of benzene rings is 1. The molecule has 2 heteroatoms. The molecule has 0 atom stereocenters. The van der Waals surface area contributed by atoms with Crippen molar-refractivity contribution in [2.45, 2.75) is 0 Å². The van der Waals surface area contributed by atoms with Gasteiger partial charge in [-0.1, -0.05) is 24.1 Å². The Morgan fingerprint density at radius 1 is 1.38 bits per heavy atom. The second-order valence-electron chi connectivity index (χ2n) is 2.72. The van der Waals surface area contributed by atoms with Crippen molar-refractivity contribution in [3.8, 4) is 12.3 Å². The molecule has 0 saturated carbocycles. The number of nitrogens with one attached hydrogen (secondary N) is 1. The lowest BCUT2D eigenvalue weighted by atomic mass is 10.1. The molecule has 1 heterocycles. The molecular formula is C11H7NO. The first-order valence-corrected chi connectivity index (χ1v) is 3.89. The highest BCUT2D eigenvalue weighted by Crippen LogP contribution is 2.19. The maximum atomic E-state index is 10.7. The van der Waals surface area contributed by atoms with Crippen molar-refractivity contribution in [2.75, 3.05) is 0 Å². The number of hydrogen-bond acceptors (Lipinski definition) is 1. The predicted octanol–water partition coefficient (Wildman–Crippen LogP) is 1.96. The molecule has 2 aromatic rings. The van der Waals surface area contributed by atoms with E-state index in [1.807, 2.05) is 24.3 Å². The van der Waals surface area contributed by atoms with Crippen LogP contribution in [-0.2, 0) is 0 Å². The number of aromatic nitrogens is 1. The third kappa shape index (κ3) is 1.02. The molecule has 0 unspecified atom stereocenters.